The van der Waals surface area contributed by atoms with Crippen molar-refractivity contribution in [3.05, 3.63) is 29.8 Å². The molecule has 108 valence electrons. The van der Waals surface area contributed by atoms with Crippen molar-refractivity contribution >= 4 is 11.8 Å². The van der Waals surface area contributed by atoms with Crippen molar-refractivity contribution in [2.45, 2.75) is 50.0 Å². The fourth-order valence-electron chi connectivity index (χ4n) is 3.23. The molecule has 0 heterocycles. The van der Waals surface area contributed by atoms with Crippen LogP contribution in [-0.2, 0) is 0 Å². The zero-order valence-corrected chi connectivity index (χ0v) is 13.3. The first-order valence-electron chi connectivity index (χ1n) is 7.56. The van der Waals surface area contributed by atoms with Gasteiger partial charge in [-0.05, 0) is 56.5 Å². The van der Waals surface area contributed by atoms with E-state index in [2.05, 4.69) is 49.5 Å². The number of nitrogens with one attached hydrogen (secondary N) is 1. The quantitative estimate of drug-likeness (QED) is 0.799. The van der Waals surface area contributed by atoms with E-state index < -0.39 is 0 Å². The van der Waals surface area contributed by atoms with Crippen molar-refractivity contribution < 1.29 is 0 Å². The third-order valence-corrected chi connectivity index (χ3v) is 5.26. The minimum atomic E-state index is -0.262. The maximum absolute atomic E-state index is 9.55. The number of benzene rings is 1. The van der Waals surface area contributed by atoms with Gasteiger partial charge in [-0.15, -0.1) is 11.8 Å². The highest BCUT2D eigenvalue weighted by Crippen LogP contribution is 2.38. The topological polar surface area (TPSA) is 35.8 Å². The second-order valence-electron chi connectivity index (χ2n) is 5.66. The molecule has 0 aromatic heterocycles. The molecule has 0 saturated heterocycles. The Labute approximate surface area is 127 Å². The molecule has 20 heavy (non-hydrogen) atoms. The molecule has 1 aromatic carbocycles. The average molecular weight is 288 g/mol. The van der Waals surface area contributed by atoms with Gasteiger partial charge in [0.05, 0.1) is 6.07 Å². The normalized spacial score (nSPS) is 25.6. The van der Waals surface area contributed by atoms with Crippen molar-refractivity contribution in [1.29, 1.82) is 5.26 Å². The maximum Gasteiger partial charge on any atom is 0.109 e. The SMILES string of the molecule is CCNC1(C#N)CCCC1CCSc1cccc(C)c1. The summed E-state index contributed by atoms with van der Waals surface area (Å²) in [4.78, 5) is 1.34. The number of hydrogen-bond acceptors (Lipinski definition) is 3. The van der Waals surface area contributed by atoms with Crippen LogP contribution in [-0.4, -0.2) is 17.8 Å². The van der Waals surface area contributed by atoms with Gasteiger partial charge in [0.25, 0.3) is 0 Å². The van der Waals surface area contributed by atoms with Crippen LogP contribution >= 0.6 is 11.8 Å². The van der Waals surface area contributed by atoms with E-state index in [0.29, 0.717) is 5.92 Å². The highest BCUT2D eigenvalue weighted by molar-refractivity contribution is 7.99. The summed E-state index contributed by atoms with van der Waals surface area (Å²) in [7, 11) is 0. The van der Waals surface area contributed by atoms with Crippen molar-refractivity contribution in [2.24, 2.45) is 5.92 Å². The third-order valence-electron chi connectivity index (χ3n) is 4.24. The molecule has 2 nitrogen and oxygen atoms in total. The first kappa shape index (κ1) is 15.4. The molecule has 1 aliphatic rings. The summed E-state index contributed by atoms with van der Waals surface area (Å²) in [6.07, 6.45) is 4.51. The van der Waals surface area contributed by atoms with E-state index in [-0.39, 0.29) is 5.54 Å². The van der Waals surface area contributed by atoms with E-state index in [0.717, 1.165) is 25.1 Å². The molecular weight excluding hydrogens is 264 g/mol. The molecule has 0 radical (unpaired) electrons. The van der Waals surface area contributed by atoms with Gasteiger partial charge in [0, 0.05) is 4.90 Å². The lowest BCUT2D eigenvalue weighted by Crippen LogP contribution is -2.47. The molecule has 0 aliphatic heterocycles. The predicted octanol–water partition coefficient (Wildman–Crippen LogP) is 4.15. The fourth-order valence-corrected chi connectivity index (χ4v) is 4.31. The van der Waals surface area contributed by atoms with Crippen molar-refractivity contribution in [1.82, 2.24) is 5.32 Å². The number of nitrogens with zero attached hydrogens (tertiary/aromatic N) is 1. The number of rotatable bonds is 6. The summed E-state index contributed by atoms with van der Waals surface area (Å²) in [5, 5.41) is 13.0. The Morgan fingerprint density at radius 1 is 1.50 bits per heavy atom. The average Bonchev–Trinajstić information content (AvgIpc) is 2.83. The first-order valence-corrected chi connectivity index (χ1v) is 8.54. The van der Waals surface area contributed by atoms with Crippen LogP contribution in [0.4, 0.5) is 0 Å². The molecule has 1 N–H and O–H groups in total. The lowest BCUT2D eigenvalue weighted by molar-refractivity contribution is 0.317. The van der Waals surface area contributed by atoms with Crippen LogP contribution in [0.1, 0.15) is 38.2 Å². The Bertz CT molecular complexity index is 480. The van der Waals surface area contributed by atoms with Gasteiger partial charge >= 0.3 is 0 Å². The van der Waals surface area contributed by atoms with E-state index in [9.17, 15) is 5.26 Å². The van der Waals surface area contributed by atoms with Gasteiger partial charge in [-0.25, -0.2) is 0 Å². The van der Waals surface area contributed by atoms with Gasteiger partial charge in [0.2, 0.25) is 0 Å². The van der Waals surface area contributed by atoms with Crippen molar-refractivity contribution in [2.75, 3.05) is 12.3 Å². The number of nitriles is 1. The summed E-state index contributed by atoms with van der Waals surface area (Å²) >= 11 is 1.91. The Hall–Kier alpha value is -0.980. The molecule has 0 amide bonds. The minimum absolute atomic E-state index is 0.262. The molecule has 3 heteroatoms. The zero-order chi connectivity index (χ0) is 14.4. The van der Waals surface area contributed by atoms with E-state index in [1.807, 2.05) is 11.8 Å². The molecule has 1 aliphatic carbocycles. The molecular formula is C17H24N2S. The van der Waals surface area contributed by atoms with E-state index in [1.54, 1.807) is 0 Å². The van der Waals surface area contributed by atoms with Crippen LogP contribution in [0.25, 0.3) is 0 Å². The number of thioether (sulfide) groups is 1. The summed E-state index contributed by atoms with van der Waals surface area (Å²) in [5.41, 5.74) is 1.05. The van der Waals surface area contributed by atoms with Crippen LogP contribution in [0, 0.1) is 24.2 Å². The molecule has 2 unspecified atom stereocenters. The summed E-state index contributed by atoms with van der Waals surface area (Å²) in [6.45, 7) is 5.11. The van der Waals surface area contributed by atoms with Crippen LogP contribution in [0.15, 0.2) is 29.2 Å². The number of aryl methyl sites for hydroxylation is 1. The van der Waals surface area contributed by atoms with Crippen LogP contribution in [0.3, 0.4) is 0 Å². The zero-order valence-electron chi connectivity index (χ0n) is 12.5. The smallest absolute Gasteiger partial charge is 0.109 e. The molecule has 0 bridgehead atoms. The second-order valence-corrected chi connectivity index (χ2v) is 6.82. The number of hydrogen-bond donors (Lipinski definition) is 1. The highest BCUT2D eigenvalue weighted by atomic mass is 32.2. The summed E-state index contributed by atoms with van der Waals surface area (Å²) in [6, 6.07) is 11.2. The monoisotopic (exact) mass is 288 g/mol. The third kappa shape index (κ3) is 3.56. The Balaban J connectivity index is 1.88. The van der Waals surface area contributed by atoms with Gasteiger partial charge in [0.1, 0.15) is 5.54 Å². The summed E-state index contributed by atoms with van der Waals surface area (Å²) in [5.74, 6) is 1.60. The van der Waals surface area contributed by atoms with Gasteiger partial charge in [-0.1, -0.05) is 31.0 Å². The van der Waals surface area contributed by atoms with Crippen molar-refractivity contribution in [3.63, 3.8) is 0 Å². The lowest BCUT2D eigenvalue weighted by atomic mass is 9.86. The van der Waals surface area contributed by atoms with Gasteiger partial charge in [-0.2, -0.15) is 5.26 Å². The molecule has 1 fully saturated rings. The van der Waals surface area contributed by atoms with Crippen molar-refractivity contribution in [3.8, 4) is 6.07 Å². The van der Waals surface area contributed by atoms with Gasteiger partial charge in [-0.3, -0.25) is 5.32 Å². The van der Waals surface area contributed by atoms with Gasteiger partial charge < -0.3 is 0 Å². The van der Waals surface area contributed by atoms with E-state index >= 15 is 0 Å². The molecule has 1 saturated carbocycles. The summed E-state index contributed by atoms with van der Waals surface area (Å²) < 4.78 is 0. The predicted molar refractivity (Wildman–Crippen MR) is 85.9 cm³/mol. The Morgan fingerprint density at radius 2 is 2.35 bits per heavy atom. The molecule has 0 spiro atoms. The Kier molecular flexibility index (Phi) is 5.51. The Morgan fingerprint density at radius 3 is 3.05 bits per heavy atom. The first-order chi connectivity index (χ1) is 9.70. The maximum atomic E-state index is 9.55. The molecule has 2 atom stereocenters. The lowest BCUT2D eigenvalue weighted by Gasteiger charge is -2.29. The largest absolute Gasteiger partial charge is 0.299 e. The van der Waals surface area contributed by atoms with E-state index in [4.69, 9.17) is 0 Å². The fraction of sp³-hybridized carbons (Fsp3) is 0.588. The van der Waals surface area contributed by atoms with Crippen LogP contribution < -0.4 is 5.32 Å². The standard InChI is InChI=1S/C17H24N2S/c1-3-19-17(13-18)10-5-7-15(17)9-11-20-16-8-4-6-14(2)12-16/h4,6,8,12,15,19H,3,5,7,9-11H2,1-2H3. The van der Waals surface area contributed by atoms with E-state index in [1.165, 1.54) is 23.3 Å². The highest BCUT2D eigenvalue weighted by Gasteiger charge is 2.41. The minimum Gasteiger partial charge on any atom is -0.299 e. The van der Waals surface area contributed by atoms with Crippen LogP contribution in [0.2, 0.25) is 0 Å². The second kappa shape index (κ2) is 7.15. The van der Waals surface area contributed by atoms with Gasteiger partial charge in [0.15, 0.2) is 0 Å². The van der Waals surface area contributed by atoms with Crippen LogP contribution in [0.5, 0.6) is 0 Å². The molecule has 1 aromatic rings. The molecule has 2 rings (SSSR count).